The summed E-state index contributed by atoms with van der Waals surface area (Å²) >= 11 is 3.33. The molecule has 3 rings (SSSR count). The highest BCUT2D eigenvalue weighted by Gasteiger charge is 2.10. The molecule has 7 heteroatoms. The van der Waals surface area contributed by atoms with Gasteiger partial charge < -0.3 is 9.47 Å². The molecule has 6 nitrogen and oxygen atoms in total. The maximum atomic E-state index is 12.2. The topological polar surface area (TPSA) is 77.0 Å². The Hall–Kier alpha value is -3.45. The van der Waals surface area contributed by atoms with Gasteiger partial charge in [0.1, 0.15) is 11.5 Å². The Kier molecular flexibility index (Phi) is 8.38. The van der Waals surface area contributed by atoms with Crippen LogP contribution in [-0.2, 0) is 4.79 Å². The number of hydrogen-bond acceptors (Lipinski definition) is 5. The minimum Gasteiger partial charge on any atom is -0.483 e. The number of esters is 1. The van der Waals surface area contributed by atoms with E-state index in [0.29, 0.717) is 23.0 Å². The van der Waals surface area contributed by atoms with Crippen molar-refractivity contribution >= 4 is 34.0 Å². The molecule has 0 heterocycles. The molecule has 0 aliphatic carbocycles. The third-order valence-corrected chi connectivity index (χ3v) is 5.20. The standard InChI is InChI=1S/C26H25BrN2O4/c1-17(2)23-12-7-18(3)13-24(23)32-16-25(30)29-28-15-19-8-10-22(11-9-19)33-26(31)20-5-4-6-21(27)14-20/h4-15,17H,16H2,1-3H3,(H,29,30). The van der Waals surface area contributed by atoms with Gasteiger partial charge >= 0.3 is 5.97 Å². The van der Waals surface area contributed by atoms with Gasteiger partial charge in [0.15, 0.2) is 6.61 Å². The predicted molar refractivity (Wildman–Crippen MR) is 132 cm³/mol. The van der Waals surface area contributed by atoms with Crippen LogP contribution >= 0.6 is 15.9 Å². The summed E-state index contributed by atoms with van der Waals surface area (Å²) in [5, 5.41) is 3.96. The molecular weight excluding hydrogens is 484 g/mol. The zero-order valence-electron chi connectivity index (χ0n) is 18.7. The second-order valence-electron chi connectivity index (χ2n) is 7.75. The van der Waals surface area contributed by atoms with Crippen LogP contribution in [-0.4, -0.2) is 24.7 Å². The van der Waals surface area contributed by atoms with Gasteiger partial charge in [0.25, 0.3) is 5.91 Å². The molecule has 3 aromatic carbocycles. The molecule has 0 saturated heterocycles. The smallest absolute Gasteiger partial charge is 0.343 e. The van der Waals surface area contributed by atoms with E-state index in [0.717, 1.165) is 21.2 Å². The van der Waals surface area contributed by atoms with Crippen LogP contribution in [0.4, 0.5) is 0 Å². The lowest BCUT2D eigenvalue weighted by Crippen LogP contribution is -2.25. The molecule has 3 aromatic rings. The SMILES string of the molecule is Cc1ccc(C(C)C)c(OCC(=O)NN=Cc2ccc(OC(=O)c3cccc(Br)c3)cc2)c1. The summed E-state index contributed by atoms with van der Waals surface area (Å²) in [7, 11) is 0. The van der Waals surface area contributed by atoms with Crippen molar-refractivity contribution in [1.82, 2.24) is 5.43 Å². The molecule has 0 unspecified atom stereocenters. The third kappa shape index (κ3) is 7.29. The molecule has 0 aromatic heterocycles. The fourth-order valence-electron chi connectivity index (χ4n) is 3.00. The summed E-state index contributed by atoms with van der Waals surface area (Å²) in [6.45, 7) is 6.00. The Bertz CT molecular complexity index is 1160. The normalized spacial score (nSPS) is 10.9. The summed E-state index contributed by atoms with van der Waals surface area (Å²) in [6, 6.07) is 19.7. The van der Waals surface area contributed by atoms with Gasteiger partial charge in [0.05, 0.1) is 11.8 Å². The van der Waals surface area contributed by atoms with E-state index >= 15 is 0 Å². The first-order valence-corrected chi connectivity index (χ1v) is 11.2. The molecule has 1 N–H and O–H groups in total. The summed E-state index contributed by atoms with van der Waals surface area (Å²) in [5.74, 6) is 0.602. The largest absolute Gasteiger partial charge is 0.483 e. The van der Waals surface area contributed by atoms with E-state index < -0.39 is 5.97 Å². The number of hydrogen-bond donors (Lipinski definition) is 1. The molecule has 0 bridgehead atoms. The first-order valence-electron chi connectivity index (χ1n) is 10.4. The number of halogens is 1. The molecule has 0 saturated carbocycles. The van der Waals surface area contributed by atoms with Gasteiger partial charge in [-0.2, -0.15) is 5.10 Å². The molecule has 0 aliphatic rings. The molecule has 0 fully saturated rings. The number of amides is 1. The summed E-state index contributed by atoms with van der Waals surface area (Å²) in [4.78, 5) is 24.3. The van der Waals surface area contributed by atoms with E-state index in [-0.39, 0.29) is 12.5 Å². The van der Waals surface area contributed by atoms with Crippen molar-refractivity contribution in [3.8, 4) is 11.5 Å². The van der Waals surface area contributed by atoms with Crippen LogP contribution in [0.2, 0.25) is 0 Å². The molecule has 0 aliphatic heterocycles. The summed E-state index contributed by atoms with van der Waals surface area (Å²) < 4.78 is 11.9. The number of rotatable bonds is 8. The molecule has 0 radical (unpaired) electrons. The van der Waals surface area contributed by atoms with E-state index in [2.05, 4.69) is 40.3 Å². The lowest BCUT2D eigenvalue weighted by Gasteiger charge is -2.14. The van der Waals surface area contributed by atoms with E-state index in [1.54, 1.807) is 42.5 Å². The maximum Gasteiger partial charge on any atom is 0.343 e. The number of benzene rings is 3. The van der Waals surface area contributed by atoms with Gasteiger partial charge in [-0.3, -0.25) is 4.79 Å². The van der Waals surface area contributed by atoms with Gasteiger partial charge in [-0.05, 0) is 78.1 Å². The fraction of sp³-hybridized carbons (Fsp3) is 0.192. The Morgan fingerprint density at radius 2 is 1.82 bits per heavy atom. The zero-order valence-corrected chi connectivity index (χ0v) is 20.3. The first kappa shape index (κ1) is 24.2. The van der Waals surface area contributed by atoms with E-state index in [4.69, 9.17) is 9.47 Å². The van der Waals surface area contributed by atoms with Gasteiger partial charge in [0, 0.05) is 4.47 Å². The number of aryl methyl sites for hydroxylation is 1. The number of hydrazone groups is 1. The summed E-state index contributed by atoms with van der Waals surface area (Å²) in [6.07, 6.45) is 1.50. The maximum absolute atomic E-state index is 12.2. The van der Waals surface area contributed by atoms with Crippen LogP contribution < -0.4 is 14.9 Å². The summed E-state index contributed by atoms with van der Waals surface area (Å²) in [5.41, 5.74) is 5.76. The van der Waals surface area contributed by atoms with E-state index in [9.17, 15) is 9.59 Å². The van der Waals surface area contributed by atoms with Crippen molar-refractivity contribution in [2.75, 3.05) is 6.61 Å². The van der Waals surface area contributed by atoms with Crippen LogP contribution in [0.25, 0.3) is 0 Å². The van der Waals surface area contributed by atoms with Crippen molar-refractivity contribution < 1.29 is 19.1 Å². The Morgan fingerprint density at radius 1 is 1.06 bits per heavy atom. The van der Waals surface area contributed by atoms with E-state index in [1.807, 2.05) is 31.2 Å². The lowest BCUT2D eigenvalue weighted by atomic mass is 10.0. The Morgan fingerprint density at radius 3 is 2.52 bits per heavy atom. The fourth-order valence-corrected chi connectivity index (χ4v) is 3.40. The van der Waals surface area contributed by atoms with Crippen LogP contribution in [0.3, 0.4) is 0 Å². The average molecular weight is 509 g/mol. The molecule has 1 amide bonds. The van der Waals surface area contributed by atoms with Gasteiger partial charge in [-0.15, -0.1) is 0 Å². The molecule has 0 atom stereocenters. The molecule has 33 heavy (non-hydrogen) atoms. The van der Waals surface area contributed by atoms with Crippen molar-refractivity contribution in [2.45, 2.75) is 26.7 Å². The number of ether oxygens (including phenoxy) is 2. The minimum absolute atomic E-state index is 0.134. The van der Waals surface area contributed by atoms with Crippen LogP contribution in [0, 0.1) is 6.92 Å². The van der Waals surface area contributed by atoms with Gasteiger partial charge in [-0.25, -0.2) is 10.2 Å². The molecule has 0 spiro atoms. The van der Waals surface area contributed by atoms with Gasteiger partial charge in [0.2, 0.25) is 0 Å². The second-order valence-corrected chi connectivity index (χ2v) is 8.66. The van der Waals surface area contributed by atoms with E-state index in [1.165, 1.54) is 6.21 Å². The number of carbonyl (C=O) groups is 2. The number of carbonyl (C=O) groups excluding carboxylic acids is 2. The van der Waals surface area contributed by atoms with Crippen LogP contribution in [0.15, 0.2) is 76.3 Å². The van der Waals surface area contributed by atoms with Crippen LogP contribution in [0.5, 0.6) is 11.5 Å². The zero-order chi connectivity index (χ0) is 23.8. The first-order chi connectivity index (χ1) is 15.8. The Labute approximate surface area is 201 Å². The van der Waals surface area contributed by atoms with Crippen molar-refractivity contribution in [3.63, 3.8) is 0 Å². The third-order valence-electron chi connectivity index (χ3n) is 4.70. The predicted octanol–water partition coefficient (Wildman–Crippen LogP) is 5.63. The highest BCUT2D eigenvalue weighted by molar-refractivity contribution is 9.10. The second kappa shape index (κ2) is 11.4. The van der Waals surface area contributed by atoms with Crippen molar-refractivity contribution in [3.05, 3.63) is 93.5 Å². The van der Waals surface area contributed by atoms with Crippen molar-refractivity contribution in [2.24, 2.45) is 5.10 Å². The van der Waals surface area contributed by atoms with Crippen molar-refractivity contribution in [1.29, 1.82) is 0 Å². The Balaban J connectivity index is 1.50. The minimum atomic E-state index is -0.445. The van der Waals surface area contributed by atoms with Gasteiger partial charge in [-0.1, -0.05) is 48.0 Å². The number of nitrogens with zero attached hydrogens (tertiary/aromatic N) is 1. The quantitative estimate of drug-likeness (QED) is 0.185. The highest BCUT2D eigenvalue weighted by atomic mass is 79.9. The monoisotopic (exact) mass is 508 g/mol. The molecule has 170 valence electrons. The average Bonchev–Trinajstić information content (AvgIpc) is 2.78. The molecular formula is C26H25BrN2O4. The lowest BCUT2D eigenvalue weighted by molar-refractivity contribution is -0.123. The van der Waals surface area contributed by atoms with Crippen LogP contribution in [0.1, 0.15) is 46.8 Å². The number of nitrogens with one attached hydrogen (secondary N) is 1. The highest BCUT2D eigenvalue weighted by Crippen LogP contribution is 2.27.